The van der Waals surface area contributed by atoms with E-state index in [1.165, 1.54) is 24.3 Å². The normalized spacial score (nSPS) is 12.7. The molecule has 0 aromatic heterocycles. The molecule has 6 nitrogen and oxygen atoms in total. The first kappa shape index (κ1) is 20.9. The average Bonchev–Trinajstić information content (AvgIpc) is 2.61. The van der Waals surface area contributed by atoms with Gasteiger partial charge in [0.2, 0.25) is 10.0 Å². The molecule has 0 bridgehead atoms. The molecule has 27 heavy (non-hydrogen) atoms. The van der Waals surface area contributed by atoms with E-state index >= 15 is 0 Å². The molecule has 0 heterocycles. The Labute approximate surface area is 159 Å². The highest BCUT2D eigenvalue weighted by Crippen LogP contribution is 2.22. The molecule has 0 unspecified atom stereocenters. The summed E-state index contributed by atoms with van der Waals surface area (Å²) >= 11 is 0. The number of aliphatic imine (C=N–C) groups is 1. The molecule has 0 spiro atoms. The third kappa shape index (κ3) is 6.04. The summed E-state index contributed by atoms with van der Waals surface area (Å²) in [5.41, 5.74) is 1.48. The van der Waals surface area contributed by atoms with Gasteiger partial charge < -0.3 is 10.6 Å². The zero-order chi connectivity index (χ0) is 20.1. The van der Waals surface area contributed by atoms with E-state index in [0.29, 0.717) is 19.0 Å². The van der Waals surface area contributed by atoms with E-state index in [9.17, 15) is 12.8 Å². The van der Waals surface area contributed by atoms with Crippen LogP contribution in [0, 0.1) is 5.82 Å². The van der Waals surface area contributed by atoms with Crippen molar-refractivity contribution < 1.29 is 12.8 Å². The minimum absolute atomic E-state index is 0.0746. The van der Waals surface area contributed by atoms with Crippen molar-refractivity contribution in [2.24, 2.45) is 10.1 Å². The highest BCUT2D eigenvalue weighted by Gasteiger charge is 2.21. The molecular formula is C19H25FN4O2S. The summed E-state index contributed by atoms with van der Waals surface area (Å²) in [6.45, 7) is 5.06. The number of nitrogens with one attached hydrogen (secondary N) is 2. The van der Waals surface area contributed by atoms with Crippen molar-refractivity contribution in [2.75, 3.05) is 13.6 Å². The van der Waals surface area contributed by atoms with Crippen LogP contribution in [0.5, 0.6) is 0 Å². The first-order valence-corrected chi connectivity index (χ1v) is 9.99. The third-order valence-corrected chi connectivity index (χ3v) is 5.17. The van der Waals surface area contributed by atoms with Crippen LogP contribution in [0.15, 0.2) is 58.4 Å². The standard InChI is InChI=1S/C19H25FN4O2S/c1-19(2,15-5-4-6-16(20)11-15)13-24-18(22-3)23-12-14-7-9-17(10-8-14)27(21,25)26/h4-11H,12-13H2,1-3H3,(H2,21,25,26)(H2,22,23,24). The second kappa shape index (κ2) is 8.49. The maximum Gasteiger partial charge on any atom is 0.238 e. The molecule has 0 aliphatic heterocycles. The number of primary sulfonamides is 1. The molecule has 0 aliphatic rings. The molecule has 2 aromatic carbocycles. The van der Waals surface area contributed by atoms with Gasteiger partial charge in [-0.2, -0.15) is 0 Å². The summed E-state index contributed by atoms with van der Waals surface area (Å²) in [6, 6.07) is 12.9. The largest absolute Gasteiger partial charge is 0.356 e. The lowest BCUT2D eigenvalue weighted by atomic mass is 9.84. The molecule has 146 valence electrons. The SMILES string of the molecule is CN=C(NCc1ccc(S(N)(=O)=O)cc1)NCC(C)(C)c1cccc(F)c1. The predicted octanol–water partition coefficient (Wildman–Crippen LogP) is 2.12. The third-order valence-electron chi connectivity index (χ3n) is 4.24. The maximum atomic E-state index is 13.5. The van der Waals surface area contributed by atoms with E-state index in [-0.39, 0.29) is 16.1 Å². The first-order valence-electron chi connectivity index (χ1n) is 8.44. The second-order valence-corrected chi connectivity index (χ2v) is 8.42. The van der Waals surface area contributed by atoms with Gasteiger partial charge >= 0.3 is 0 Å². The van der Waals surface area contributed by atoms with E-state index in [2.05, 4.69) is 15.6 Å². The molecule has 0 fully saturated rings. The van der Waals surface area contributed by atoms with Crippen LogP contribution in [0.25, 0.3) is 0 Å². The second-order valence-electron chi connectivity index (χ2n) is 6.86. The monoisotopic (exact) mass is 392 g/mol. The summed E-state index contributed by atoms with van der Waals surface area (Å²) < 4.78 is 36.0. The molecule has 0 saturated carbocycles. The Balaban J connectivity index is 1.94. The zero-order valence-corrected chi connectivity index (χ0v) is 16.5. The molecule has 8 heteroatoms. The van der Waals surface area contributed by atoms with Crippen LogP contribution in [0.4, 0.5) is 4.39 Å². The van der Waals surface area contributed by atoms with E-state index in [0.717, 1.165) is 11.1 Å². The van der Waals surface area contributed by atoms with Crippen molar-refractivity contribution in [3.05, 3.63) is 65.5 Å². The summed E-state index contributed by atoms with van der Waals surface area (Å²) in [4.78, 5) is 4.25. The Morgan fingerprint density at radius 3 is 2.37 bits per heavy atom. The molecule has 0 amide bonds. The highest BCUT2D eigenvalue weighted by atomic mass is 32.2. The number of halogens is 1. The van der Waals surface area contributed by atoms with Crippen LogP contribution in [0.3, 0.4) is 0 Å². The van der Waals surface area contributed by atoms with Crippen LogP contribution >= 0.6 is 0 Å². The van der Waals surface area contributed by atoms with Crippen molar-refractivity contribution in [3.8, 4) is 0 Å². The predicted molar refractivity (Wildman–Crippen MR) is 105 cm³/mol. The van der Waals surface area contributed by atoms with E-state index in [4.69, 9.17) is 5.14 Å². The van der Waals surface area contributed by atoms with E-state index in [1.54, 1.807) is 25.2 Å². The average molecular weight is 393 g/mol. The van der Waals surface area contributed by atoms with Crippen LogP contribution in [-0.4, -0.2) is 28.0 Å². The Morgan fingerprint density at radius 2 is 1.81 bits per heavy atom. The minimum Gasteiger partial charge on any atom is -0.356 e. The fourth-order valence-electron chi connectivity index (χ4n) is 2.52. The fraction of sp³-hybridized carbons (Fsp3) is 0.316. The van der Waals surface area contributed by atoms with Crippen molar-refractivity contribution >= 4 is 16.0 Å². The number of guanidine groups is 1. The molecule has 0 atom stereocenters. The number of hydrogen-bond acceptors (Lipinski definition) is 3. The van der Waals surface area contributed by atoms with Crippen LogP contribution in [-0.2, 0) is 22.0 Å². The van der Waals surface area contributed by atoms with Crippen molar-refractivity contribution in [1.29, 1.82) is 0 Å². The van der Waals surface area contributed by atoms with Gasteiger partial charge in [0.1, 0.15) is 5.82 Å². The van der Waals surface area contributed by atoms with Gasteiger partial charge in [-0.25, -0.2) is 17.9 Å². The number of hydrogen-bond donors (Lipinski definition) is 3. The number of sulfonamides is 1. The number of rotatable bonds is 6. The van der Waals surface area contributed by atoms with E-state index in [1.807, 2.05) is 19.9 Å². The number of nitrogens with zero attached hydrogens (tertiary/aromatic N) is 1. The lowest BCUT2D eigenvalue weighted by Crippen LogP contribution is -2.43. The van der Waals surface area contributed by atoms with Gasteiger partial charge in [-0.05, 0) is 35.4 Å². The smallest absolute Gasteiger partial charge is 0.238 e. The molecule has 2 rings (SSSR count). The van der Waals surface area contributed by atoms with Gasteiger partial charge in [0.05, 0.1) is 4.90 Å². The van der Waals surface area contributed by atoms with Gasteiger partial charge in [-0.3, -0.25) is 4.99 Å². The zero-order valence-electron chi connectivity index (χ0n) is 15.7. The molecule has 2 aromatic rings. The van der Waals surface area contributed by atoms with Gasteiger partial charge in [-0.15, -0.1) is 0 Å². The van der Waals surface area contributed by atoms with Gasteiger partial charge in [0.25, 0.3) is 0 Å². The van der Waals surface area contributed by atoms with Crippen molar-refractivity contribution in [3.63, 3.8) is 0 Å². The summed E-state index contributed by atoms with van der Waals surface area (Å²) in [5.74, 6) is 0.334. The lowest BCUT2D eigenvalue weighted by Gasteiger charge is -2.27. The van der Waals surface area contributed by atoms with Gasteiger partial charge in [0, 0.05) is 25.6 Å². The molecular weight excluding hydrogens is 367 g/mol. The topological polar surface area (TPSA) is 96.6 Å². The summed E-state index contributed by atoms with van der Waals surface area (Å²) in [6.07, 6.45) is 0. The first-order chi connectivity index (χ1) is 12.6. The Hall–Kier alpha value is -2.45. The lowest BCUT2D eigenvalue weighted by molar-refractivity contribution is 0.503. The Morgan fingerprint density at radius 1 is 1.15 bits per heavy atom. The van der Waals surface area contributed by atoms with Crippen molar-refractivity contribution in [1.82, 2.24) is 10.6 Å². The molecule has 0 saturated heterocycles. The van der Waals surface area contributed by atoms with Gasteiger partial charge in [-0.1, -0.05) is 38.1 Å². The van der Waals surface area contributed by atoms with Crippen LogP contribution in [0.1, 0.15) is 25.0 Å². The quantitative estimate of drug-likeness (QED) is 0.518. The summed E-state index contributed by atoms with van der Waals surface area (Å²) in [7, 11) is -2.03. The molecule has 0 aliphatic carbocycles. The summed E-state index contributed by atoms with van der Waals surface area (Å²) in [5, 5.41) is 11.5. The van der Waals surface area contributed by atoms with E-state index < -0.39 is 10.0 Å². The van der Waals surface area contributed by atoms with Crippen molar-refractivity contribution in [2.45, 2.75) is 30.7 Å². The number of nitrogens with two attached hydrogens (primary N) is 1. The fourth-order valence-corrected chi connectivity index (χ4v) is 3.04. The number of benzene rings is 2. The highest BCUT2D eigenvalue weighted by molar-refractivity contribution is 7.89. The Kier molecular flexibility index (Phi) is 6.56. The molecule has 4 N–H and O–H groups in total. The maximum absolute atomic E-state index is 13.5. The van der Waals surface area contributed by atoms with Gasteiger partial charge in [0.15, 0.2) is 5.96 Å². The Bertz CT molecular complexity index is 910. The minimum atomic E-state index is -3.69. The molecule has 0 radical (unpaired) electrons. The van der Waals surface area contributed by atoms with Crippen LogP contribution in [0.2, 0.25) is 0 Å². The van der Waals surface area contributed by atoms with Crippen LogP contribution < -0.4 is 15.8 Å².